The number of carbonyl (C=O) groups excluding carboxylic acids is 1. The fourth-order valence-corrected chi connectivity index (χ4v) is 3.47. The summed E-state index contributed by atoms with van der Waals surface area (Å²) in [7, 11) is 0. The van der Waals surface area contributed by atoms with Crippen molar-refractivity contribution in [2.45, 2.75) is 85.5 Å². The summed E-state index contributed by atoms with van der Waals surface area (Å²) in [4.78, 5) is 11.7. The summed E-state index contributed by atoms with van der Waals surface area (Å²) in [5.41, 5.74) is 1.83. The van der Waals surface area contributed by atoms with Gasteiger partial charge in [0, 0.05) is 18.9 Å². The molecule has 182 valence electrons. The number of rotatable bonds is 7. The molecule has 33 heavy (non-hydrogen) atoms. The molecular weight excluding hydrogens is 417 g/mol. The molecule has 0 saturated carbocycles. The highest BCUT2D eigenvalue weighted by atomic mass is 19.1. The number of carbonyl (C=O) groups is 1. The molecule has 1 saturated heterocycles. The largest absolute Gasteiger partial charge is 0.348 e. The molecule has 1 heterocycles. The summed E-state index contributed by atoms with van der Waals surface area (Å²) >= 11 is 0. The average Bonchev–Trinajstić information content (AvgIpc) is 2.78. The first-order valence-corrected chi connectivity index (χ1v) is 11.8. The second-order valence-corrected chi connectivity index (χ2v) is 8.41. The number of amides is 1. The van der Waals surface area contributed by atoms with E-state index in [2.05, 4.69) is 29.3 Å². The lowest BCUT2D eigenvalue weighted by molar-refractivity contribution is -0.271. The van der Waals surface area contributed by atoms with Crippen LogP contribution in [0.5, 0.6) is 0 Å². The van der Waals surface area contributed by atoms with Gasteiger partial charge in [0.25, 0.3) is 0 Å². The lowest BCUT2D eigenvalue weighted by atomic mass is 9.91. The number of hydrogen-bond donors (Lipinski definition) is 1. The Morgan fingerprint density at radius 3 is 2.42 bits per heavy atom. The number of allylic oxidation sites excluding steroid dienone is 4. The molecule has 0 aromatic heterocycles. The highest BCUT2D eigenvalue weighted by Gasteiger charge is 2.40. The highest BCUT2D eigenvalue weighted by molar-refractivity contribution is 5.73. The SMILES string of the molecule is C/C=C\C(=C/C)CCC#Cc1ccc(CCC2(NC(C)=O)COC(C)(C)OC2)c(F)c1.CC. The molecule has 2 rings (SSSR count). The van der Waals surface area contributed by atoms with Crippen LogP contribution in [0.2, 0.25) is 0 Å². The smallest absolute Gasteiger partial charge is 0.217 e. The van der Waals surface area contributed by atoms with E-state index in [4.69, 9.17) is 9.47 Å². The Labute approximate surface area is 199 Å². The van der Waals surface area contributed by atoms with Gasteiger partial charge >= 0.3 is 0 Å². The number of aryl methyl sites for hydroxylation is 1. The maximum absolute atomic E-state index is 14.7. The Hall–Kier alpha value is -2.42. The molecule has 0 atom stereocenters. The lowest BCUT2D eigenvalue weighted by Gasteiger charge is -2.43. The van der Waals surface area contributed by atoms with Crippen LogP contribution in [0.4, 0.5) is 4.39 Å². The number of halogens is 1. The van der Waals surface area contributed by atoms with E-state index in [9.17, 15) is 9.18 Å². The van der Waals surface area contributed by atoms with E-state index in [1.807, 2.05) is 53.7 Å². The van der Waals surface area contributed by atoms with Crippen molar-refractivity contribution in [3.63, 3.8) is 0 Å². The first-order valence-electron chi connectivity index (χ1n) is 11.8. The van der Waals surface area contributed by atoms with Gasteiger partial charge in [-0.25, -0.2) is 4.39 Å². The Kier molecular flexibility index (Phi) is 12.1. The third-order valence-corrected chi connectivity index (χ3v) is 5.28. The van der Waals surface area contributed by atoms with Gasteiger partial charge in [-0.15, -0.1) is 0 Å². The zero-order valence-electron chi connectivity index (χ0n) is 21.3. The number of benzene rings is 1. The summed E-state index contributed by atoms with van der Waals surface area (Å²) in [6.45, 7) is 13.8. The van der Waals surface area contributed by atoms with Crippen molar-refractivity contribution in [1.29, 1.82) is 0 Å². The van der Waals surface area contributed by atoms with Crippen LogP contribution in [-0.2, 0) is 20.7 Å². The standard InChI is InChI=1S/C26H34FNO3.C2H6/c1-6-10-21(7-2)11-8-9-12-22-13-14-23(24(27)17-22)15-16-26(28-20(3)29)18-30-25(4,5)31-19-26;1-2/h6-7,10,13-14,17H,8,11,15-16,18-19H2,1-5H3,(H,28,29);1-2H3/b10-6-,21-7+;. The zero-order valence-corrected chi connectivity index (χ0v) is 21.3. The van der Waals surface area contributed by atoms with Gasteiger partial charge in [0.1, 0.15) is 5.82 Å². The molecular formula is C28H40FNO3. The molecule has 1 aromatic carbocycles. The van der Waals surface area contributed by atoms with E-state index in [0.29, 0.717) is 37.2 Å². The topological polar surface area (TPSA) is 47.6 Å². The fraction of sp³-hybridized carbons (Fsp3) is 0.536. The van der Waals surface area contributed by atoms with Gasteiger partial charge in [0.05, 0.1) is 18.8 Å². The van der Waals surface area contributed by atoms with Crippen molar-refractivity contribution in [2.24, 2.45) is 0 Å². The molecule has 0 radical (unpaired) electrons. The predicted octanol–water partition coefficient (Wildman–Crippen LogP) is 6.10. The summed E-state index contributed by atoms with van der Waals surface area (Å²) in [6, 6.07) is 5.09. The van der Waals surface area contributed by atoms with Gasteiger partial charge in [-0.05, 0) is 64.7 Å². The van der Waals surface area contributed by atoms with Gasteiger partial charge in [0.2, 0.25) is 5.91 Å². The maximum Gasteiger partial charge on any atom is 0.217 e. The number of ether oxygens (including phenoxy) is 2. The third-order valence-electron chi connectivity index (χ3n) is 5.28. The highest BCUT2D eigenvalue weighted by Crippen LogP contribution is 2.27. The van der Waals surface area contributed by atoms with E-state index in [1.54, 1.807) is 6.07 Å². The second kappa shape index (κ2) is 14.0. The predicted molar refractivity (Wildman–Crippen MR) is 133 cm³/mol. The number of hydrogen-bond acceptors (Lipinski definition) is 3. The Bertz CT molecular complexity index is 880. The number of nitrogens with one attached hydrogen (secondary N) is 1. The van der Waals surface area contributed by atoms with Gasteiger partial charge in [0.15, 0.2) is 5.79 Å². The first kappa shape index (κ1) is 28.6. The molecule has 0 unspecified atom stereocenters. The molecule has 4 nitrogen and oxygen atoms in total. The van der Waals surface area contributed by atoms with Gasteiger partial charge in [-0.3, -0.25) is 4.79 Å². The van der Waals surface area contributed by atoms with E-state index in [1.165, 1.54) is 18.6 Å². The van der Waals surface area contributed by atoms with Gasteiger partial charge in [-0.1, -0.05) is 55.6 Å². The van der Waals surface area contributed by atoms with Crippen LogP contribution in [0.3, 0.4) is 0 Å². The molecule has 0 bridgehead atoms. The minimum absolute atomic E-state index is 0.159. The molecule has 1 amide bonds. The monoisotopic (exact) mass is 457 g/mol. The van der Waals surface area contributed by atoms with E-state index in [0.717, 1.165) is 12.8 Å². The molecule has 1 aliphatic heterocycles. The van der Waals surface area contributed by atoms with Crippen molar-refractivity contribution in [3.05, 3.63) is 58.9 Å². The van der Waals surface area contributed by atoms with Crippen LogP contribution in [-0.4, -0.2) is 30.4 Å². The minimum atomic E-state index is -0.686. The zero-order chi connectivity index (χ0) is 24.9. The quantitative estimate of drug-likeness (QED) is 0.398. The average molecular weight is 458 g/mol. The normalized spacial score (nSPS) is 16.9. The van der Waals surface area contributed by atoms with Crippen LogP contribution in [0.15, 0.2) is 42.0 Å². The Morgan fingerprint density at radius 2 is 1.88 bits per heavy atom. The molecule has 1 aromatic rings. The van der Waals surface area contributed by atoms with Gasteiger partial charge < -0.3 is 14.8 Å². The summed E-state index contributed by atoms with van der Waals surface area (Å²) in [5.74, 6) is 5.03. The fourth-order valence-electron chi connectivity index (χ4n) is 3.47. The third kappa shape index (κ3) is 9.94. The van der Waals surface area contributed by atoms with E-state index >= 15 is 0 Å². The van der Waals surface area contributed by atoms with Crippen molar-refractivity contribution >= 4 is 5.91 Å². The molecule has 1 N–H and O–H groups in total. The van der Waals surface area contributed by atoms with Crippen LogP contribution >= 0.6 is 0 Å². The van der Waals surface area contributed by atoms with Gasteiger partial charge in [-0.2, -0.15) is 0 Å². The molecule has 1 fully saturated rings. The van der Waals surface area contributed by atoms with Crippen LogP contribution in [0, 0.1) is 17.7 Å². The Balaban J connectivity index is 0.00000265. The molecule has 1 aliphatic rings. The summed E-state index contributed by atoms with van der Waals surface area (Å²) in [5, 5.41) is 2.95. The maximum atomic E-state index is 14.7. The van der Waals surface area contributed by atoms with Crippen molar-refractivity contribution < 1.29 is 18.7 Å². The van der Waals surface area contributed by atoms with Crippen molar-refractivity contribution in [3.8, 4) is 11.8 Å². The van der Waals surface area contributed by atoms with E-state index in [-0.39, 0.29) is 11.7 Å². The van der Waals surface area contributed by atoms with Crippen LogP contribution in [0.1, 0.15) is 78.9 Å². The minimum Gasteiger partial charge on any atom is -0.348 e. The van der Waals surface area contributed by atoms with Crippen LogP contribution in [0.25, 0.3) is 0 Å². The van der Waals surface area contributed by atoms with Crippen molar-refractivity contribution in [2.75, 3.05) is 13.2 Å². The lowest BCUT2D eigenvalue weighted by Crippen LogP contribution is -2.60. The van der Waals surface area contributed by atoms with E-state index < -0.39 is 11.3 Å². The second-order valence-electron chi connectivity index (χ2n) is 8.41. The van der Waals surface area contributed by atoms with Crippen LogP contribution < -0.4 is 5.32 Å². The molecule has 0 spiro atoms. The summed E-state index contributed by atoms with van der Waals surface area (Å²) < 4.78 is 26.2. The van der Waals surface area contributed by atoms with Crippen molar-refractivity contribution in [1.82, 2.24) is 5.32 Å². The Morgan fingerprint density at radius 1 is 1.21 bits per heavy atom. The summed E-state index contributed by atoms with van der Waals surface area (Å²) in [6.07, 6.45) is 8.74. The molecule has 0 aliphatic carbocycles. The molecule has 5 heteroatoms. The first-order chi connectivity index (χ1) is 15.7.